The lowest BCUT2D eigenvalue weighted by atomic mass is 10.0. The van der Waals surface area contributed by atoms with Crippen molar-refractivity contribution in [3.63, 3.8) is 0 Å². The Morgan fingerprint density at radius 1 is 0.647 bits per heavy atom. The summed E-state index contributed by atoms with van der Waals surface area (Å²) in [7, 11) is 0. The van der Waals surface area contributed by atoms with E-state index in [-0.39, 0.29) is 5.75 Å². The fraction of sp³-hybridized carbons (Fsp3) is 0.0645. The van der Waals surface area contributed by atoms with Crippen molar-refractivity contribution in [1.29, 1.82) is 0 Å². The number of nitrogens with zero attached hydrogens (tertiary/aromatic N) is 2. The van der Waals surface area contributed by atoms with Crippen LogP contribution in [0.1, 0.15) is 16.8 Å². The van der Waals surface area contributed by atoms with Crippen LogP contribution in [-0.2, 0) is 0 Å². The summed E-state index contributed by atoms with van der Waals surface area (Å²) in [5.41, 5.74) is 8.50. The molecule has 0 aliphatic rings. The fourth-order valence-corrected chi connectivity index (χ4v) is 4.17. The molecule has 1 aromatic heterocycles. The van der Waals surface area contributed by atoms with E-state index >= 15 is 0 Å². The second-order valence-corrected chi connectivity index (χ2v) is 8.45. The van der Waals surface area contributed by atoms with Gasteiger partial charge in [0.25, 0.3) is 0 Å². The molecular weight excluding hydrogens is 416 g/mol. The van der Waals surface area contributed by atoms with Crippen LogP contribution in [0.4, 0.5) is 5.69 Å². The van der Waals surface area contributed by atoms with Crippen LogP contribution in [0.15, 0.2) is 114 Å². The molecule has 1 heterocycles. The molecule has 3 nitrogen and oxygen atoms in total. The highest BCUT2D eigenvalue weighted by Gasteiger charge is 2.25. The number of aromatic hydroxyl groups is 1. The van der Waals surface area contributed by atoms with Crippen molar-refractivity contribution in [1.82, 2.24) is 4.57 Å². The van der Waals surface area contributed by atoms with Gasteiger partial charge in [-0.25, -0.2) is 0 Å². The number of hydrogen-bond acceptors (Lipinski definition) is 2. The summed E-state index contributed by atoms with van der Waals surface area (Å²) < 4.78 is 2.10. The van der Waals surface area contributed by atoms with Gasteiger partial charge in [-0.2, -0.15) is 0 Å². The molecule has 0 saturated heterocycles. The molecule has 0 fully saturated rings. The standard InChI is InChI=1S/C31H26N2O/c1-22-13-17-26(18-14-22)32-21-28-31(34)29(24-9-5-3-6-10-24)30(25-11-7-4-8-12-25)33(28)27-19-15-23(2)16-20-27/h3-21,34H,1-2H3. The Hall–Kier alpha value is -4.37. The first-order valence-corrected chi connectivity index (χ1v) is 11.4. The van der Waals surface area contributed by atoms with Crippen molar-refractivity contribution in [3.05, 3.63) is 126 Å². The van der Waals surface area contributed by atoms with Crippen LogP contribution in [0, 0.1) is 13.8 Å². The molecule has 5 rings (SSSR count). The lowest BCUT2D eigenvalue weighted by Crippen LogP contribution is -2.02. The molecule has 5 aromatic rings. The van der Waals surface area contributed by atoms with E-state index in [1.165, 1.54) is 11.1 Å². The Labute approximate surface area is 200 Å². The Kier molecular flexibility index (Phi) is 5.84. The summed E-state index contributed by atoms with van der Waals surface area (Å²) in [5.74, 6) is 0.210. The molecule has 0 unspecified atom stereocenters. The van der Waals surface area contributed by atoms with Crippen LogP contribution in [0.3, 0.4) is 0 Å². The normalized spacial score (nSPS) is 11.2. The van der Waals surface area contributed by atoms with Crippen molar-refractivity contribution in [2.24, 2.45) is 4.99 Å². The zero-order valence-electron chi connectivity index (χ0n) is 19.3. The first-order valence-electron chi connectivity index (χ1n) is 11.4. The molecule has 3 heteroatoms. The Balaban J connectivity index is 1.82. The van der Waals surface area contributed by atoms with Gasteiger partial charge in [0.05, 0.1) is 23.2 Å². The SMILES string of the molecule is Cc1ccc(N=Cc2c(O)c(-c3ccccc3)c(-c3ccccc3)n2-c2ccc(C)cc2)cc1. The van der Waals surface area contributed by atoms with Gasteiger partial charge in [-0.15, -0.1) is 0 Å². The molecule has 0 atom stereocenters. The van der Waals surface area contributed by atoms with E-state index < -0.39 is 0 Å². The monoisotopic (exact) mass is 442 g/mol. The maximum atomic E-state index is 11.6. The lowest BCUT2D eigenvalue weighted by molar-refractivity contribution is 0.476. The number of rotatable bonds is 5. The van der Waals surface area contributed by atoms with E-state index in [0.29, 0.717) is 5.69 Å². The van der Waals surface area contributed by atoms with Gasteiger partial charge in [0.2, 0.25) is 0 Å². The van der Waals surface area contributed by atoms with Gasteiger partial charge in [0.15, 0.2) is 5.75 Å². The van der Waals surface area contributed by atoms with Crippen LogP contribution in [0.2, 0.25) is 0 Å². The molecule has 0 radical (unpaired) electrons. The maximum Gasteiger partial charge on any atom is 0.151 e. The first kappa shape index (κ1) is 21.5. The smallest absolute Gasteiger partial charge is 0.151 e. The molecular formula is C31H26N2O. The van der Waals surface area contributed by atoms with E-state index in [1.807, 2.05) is 72.8 Å². The van der Waals surface area contributed by atoms with Crippen LogP contribution < -0.4 is 0 Å². The predicted octanol–water partition coefficient (Wildman–Crippen LogP) is 7.88. The highest BCUT2D eigenvalue weighted by Crippen LogP contribution is 2.44. The highest BCUT2D eigenvalue weighted by molar-refractivity contribution is 5.97. The molecule has 0 spiro atoms. The van der Waals surface area contributed by atoms with Crippen LogP contribution in [-0.4, -0.2) is 15.9 Å². The molecule has 0 aliphatic heterocycles. The number of aliphatic imine (C=N–C) groups is 1. The highest BCUT2D eigenvalue weighted by atomic mass is 16.3. The van der Waals surface area contributed by atoms with E-state index in [0.717, 1.165) is 33.8 Å². The van der Waals surface area contributed by atoms with E-state index in [1.54, 1.807) is 6.21 Å². The second-order valence-electron chi connectivity index (χ2n) is 8.45. The number of benzene rings is 4. The third-order valence-corrected chi connectivity index (χ3v) is 5.95. The molecule has 166 valence electrons. The van der Waals surface area contributed by atoms with Gasteiger partial charge < -0.3 is 9.67 Å². The summed E-state index contributed by atoms with van der Waals surface area (Å²) in [5, 5.41) is 11.6. The topological polar surface area (TPSA) is 37.5 Å². The van der Waals surface area contributed by atoms with Gasteiger partial charge >= 0.3 is 0 Å². The summed E-state index contributed by atoms with van der Waals surface area (Å²) in [4.78, 5) is 4.72. The average molecular weight is 443 g/mol. The van der Waals surface area contributed by atoms with E-state index in [4.69, 9.17) is 4.99 Å². The first-order chi connectivity index (χ1) is 16.6. The Morgan fingerprint density at radius 2 is 1.18 bits per heavy atom. The third-order valence-electron chi connectivity index (χ3n) is 5.95. The molecule has 1 N–H and O–H groups in total. The third kappa shape index (κ3) is 4.16. The van der Waals surface area contributed by atoms with Crippen molar-refractivity contribution < 1.29 is 5.11 Å². The Morgan fingerprint density at radius 3 is 1.76 bits per heavy atom. The quantitative estimate of drug-likeness (QED) is 0.276. The molecule has 34 heavy (non-hydrogen) atoms. The van der Waals surface area contributed by atoms with Crippen molar-refractivity contribution >= 4 is 11.9 Å². The minimum absolute atomic E-state index is 0.210. The van der Waals surface area contributed by atoms with Gasteiger partial charge in [-0.1, -0.05) is 96.1 Å². The average Bonchev–Trinajstić information content (AvgIpc) is 3.17. The van der Waals surface area contributed by atoms with Crippen LogP contribution >= 0.6 is 0 Å². The number of hydrogen-bond donors (Lipinski definition) is 1. The zero-order chi connectivity index (χ0) is 23.5. The minimum Gasteiger partial charge on any atom is -0.505 e. The van der Waals surface area contributed by atoms with Gasteiger partial charge in [0.1, 0.15) is 5.69 Å². The van der Waals surface area contributed by atoms with Crippen molar-refractivity contribution in [3.8, 4) is 33.8 Å². The van der Waals surface area contributed by atoms with Crippen molar-refractivity contribution in [2.75, 3.05) is 0 Å². The summed E-state index contributed by atoms with van der Waals surface area (Å²) in [6, 6.07) is 36.6. The van der Waals surface area contributed by atoms with Crippen LogP contribution in [0.5, 0.6) is 5.75 Å². The van der Waals surface area contributed by atoms with E-state index in [9.17, 15) is 5.11 Å². The molecule has 0 bridgehead atoms. The summed E-state index contributed by atoms with van der Waals surface area (Å²) in [6.45, 7) is 4.13. The minimum atomic E-state index is 0.210. The van der Waals surface area contributed by atoms with Crippen LogP contribution in [0.25, 0.3) is 28.1 Å². The largest absolute Gasteiger partial charge is 0.505 e. The van der Waals surface area contributed by atoms with Crippen molar-refractivity contribution in [2.45, 2.75) is 13.8 Å². The fourth-order valence-electron chi connectivity index (χ4n) is 4.17. The predicted molar refractivity (Wildman–Crippen MR) is 141 cm³/mol. The molecule has 4 aromatic carbocycles. The van der Waals surface area contributed by atoms with Gasteiger partial charge in [0, 0.05) is 5.69 Å². The lowest BCUT2D eigenvalue weighted by Gasteiger charge is -2.14. The van der Waals surface area contributed by atoms with E-state index in [2.05, 4.69) is 54.8 Å². The molecule has 0 amide bonds. The summed E-state index contributed by atoms with van der Waals surface area (Å²) in [6.07, 6.45) is 1.76. The number of aryl methyl sites for hydroxylation is 2. The van der Waals surface area contributed by atoms with Gasteiger partial charge in [-0.05, 0) is 49.2 Å². The molecule has 0 saturated carbocycles. The Bertz CT molecular complexity index is 1430. The zero-order valence-corrected chi connectivity index (χ0v) is 19.3. The maximum absolute atomic E-state index is 11.6. The summed E-state index contributed by atoms with van der Waals surface area (Å²) >= 11 is 0. The van der Waals surface area contributed by atoms with Gasteiger partial charge in [-0.3, -0.25) is 4.99 Å². The second kappa shape index (κ2) is 9.24. The number of aromatic nitrogens is 1. The molecule has 0 aliphatic carbocycles.